The first-order valence-electron chi connectivity index (χ1n) is 8.43. The fraction of sp³-hybridized carbons (Fsp3) is 0.500. The highest BCUT2D eigenvalue weighted by Crippen LogP contribution is 2.33. The minimum Gasteiger partial charge on any atom is -0.368 e. The summed E-state index contributed by atoms with van der Waals surface area (Å²) in [6.45, 7) is 2.71. The van der Waals surface area contributed by atoms with Crippen LogP contribution in [-0.4, -0.2) is 46.7 Å². The summed E-state index contributed by atoms with van der Waals surface area (Å²) >= 11 is 0. The maximum absolute atomic E-state index is 12.8. The predicted molar refractivity (Wildman–Crippen MR) is 88.8 cm³/mol. The van der Waals surface area contributed by atoms with Crippen molar-refractivity contribution in [2.75, 3.05) is 13.1 Å². The first kappa shape index (κ1) is 16.5. The maximum atomic E-state index is 12.8. The van der Waals surface area contributed by atoms with Crippen LogP contribution in [0.1, 0.15) is 43.4 Å². The van der Waals surface area contributed by atoms with Gasteiger partial charge in [-0.3, -0.25) is 14.4 Å². The highest BCUT2D eigenvalue weighted by molar-refractivity contribution is 5.88. The average Bonchev–Trinajstić information content (AvgIpc) is 3.04. The Kier molecular flexibility index (Phi) is 4.55. The van der Waals surface area contributed by atoms with Crippen LogP contribution in [-0.2, 0) is 20.8 Å². The van der Waals surface area contributed by atoms with E-state index in [0.29, 0.717) is 19.5 Å². The summed E-state index contributed by atoms with van der Waals surface area (Å²) in [6.07, 6.45) is 2.41. The number of benzene rings is 1. The topological polar surface area (TPSA) is 83.7 Å². The molecule has 0 saturated carbocycles. The monoisotopic (exact) mass is 329 g/mol. The lowest BCUT2D eigenvalue weighted by Gasteiger charge is -2.37. The summed E-state index contributed by atoms with van der Waals surface area (Å²) in [4.78, 5) is 39.7. The number of fused-ring (bicyclic) bond motifs is 1. The van der Waals surface area contributed by atoms with Gasteiger partial charge < -0.3 is 15.5 Å². The van der Waals surface area contributed by atoms with Gasteiger partial charge in [0.1, 0.15) is 6.04 Å². The van der Waals surface area contributed by atoms with Crippen molar-refractivity contribution in [3.63, 3.8) is 0 Å². The first-order chi connectivity index (χ1) is 11.5. The number of primary amides is 1. The number of nitrogens with two attached hydrogens (primary N) is 1. The predicted octanol–water partition coefficient (Wildman–Crippen LogP) is 0.999. The van der Waals surface area contributed by atoms with Crippen molar-refractivity contribution < 1.29 is 14.4 Å². The van der Waals surface area contributed by atoms with E-state index in [-0.39, 0.29) is 24.3 Å². The molecule has 2 heterocycles. The van der Waals surface area contributed by atoms with Crippen LogP contribution in [0.5, 0.6) is 0 Å². The summed E-state index contributed by atoms with van der Waals surface area (Å²) < 4.78 is 0. The van der Waals surface area contributed by atoms with Crippen molar-refractivity contribution in [1.82, 2.24) is 9.80 Å². The lowest BCUT2D eigenvalue weighted by atomic mass is 9.90. The summed E-state index contributed by atoms with van der Waals surface area (Å²) in [5.74, 6) is -0.590. The van der Waals surface area contributed by atoms with E-state index >= 15 is 0 Å². The highest BCUT2D eigenvalue weighted by Gasteiger charge is 2.36. The number of rotatable bonds is 3. The molecule has 0 aliphatic carbocycles. The third-order valence-electron chi connectivity index (χ3n) is 5.09. The zero-order chi connectivity index (χ0) is 17.3. The second-order valence-corrected chi connectivity index (χ2v) is 6.53. The normalized spacial score (nSPS) is 23.0. The Morgan fingerprint density at radius 2 is 1.92 bits per heavy atom. The summed E-state index contributed by atoms with van der Waals surface area (Å²) in [7, 11) is 0. The van der Waals surface area contributed by atoms with Gasteiger partial charge in [0, 0.05) is 20.0 Å². The molecule has 2 atom stereocenters. The van der Waals surface area contributed by atoms with Crippen molar-refractivity contribution >= 4 is 17.7 Å². The summed E-state index contributed by atoms with van der Waals surface area (Å²) in [5, 5.41) is 0. The molecular formula is C18H23N3O3. The van der Waals surface area contributed by atoms with Crippen LogP contribution >= 0.6 is 0 Å². The Balaban J connectivity index is 1.84. The summed E-state index contributed by atoms with van der Waals surface area (Å²) in [5.41, 5.74) is 7.62. The summed E-state index contributed by atoms with van der Waals surface area (Å²) in [6, 6.07) is 7.16. The van der Waals surface area contributed by atoms with Crippen molar-refractivity contribution in [2.24, 2.45) is 5.73 Å². The first-order valence-corrected chi connectivity index (χ1v) is 8.43. The molecule has 0 aromatic heterocycles. The molecule has 0 radical (unpaired) electrons. The minimum absolute atomic E-state index is 0.0322. The Morgan fingerprint density at radius 1 is 1.17 bits per heavy atom. The van der Waals surface area contributed by atoms with E-state index in [4.69, 9.17) is 5.73 Å². The molecule has 1 fully saturated rings. The average molecular weight is 329 g/mol. The molecule has 1 aromatic rings. The van der Waals surface area contributed by atoms with Crippen molar-refractivity contribution in [3.8, 4) is 0 Å². The van der Waals surface area contributed by atoms with E-state index in [2.05, 4.69) is 0 Å². The van der Waals surface area contributed by atoms with Crippen molar-refractivity contribution in [3.05, 3.63) is 35.4 Å². The lowest BCUT2D eigenvalue weighted by Crippen LogP contribution is -2.46. The van der Waals surface area contributed by atoms with E-state index < -0.39 is 11.9 Å². The fourth-order valence-corrected chi connectivity index (χ4v) is 3.89. The Bertz CT molecular complexity index is 673. The van der Waals surface area contributed by atoms with Gasteiger partial charge >= 0.3 is 0 Å². The minimum atomic E-state index is -0.512. The van der Waals surface area contributed by atoms with Crippen molar-refractivity contribution in [1.29, 1.82) is 0 Å². The van der Waals surface area contributed by atoms with E-state index in [9.17, 15) is 14.4 Å². The van der Waals surface area contributed by atoms with Gasteiger partial charge in [0.05, 0.1) is 12.5 Å². The number of carbonyl (C=O) groups excluding carboxylic acids is 3. The van der Waals surface area contributed by atoms with Gasteiger partial charge in [-0.2, -0.15) is 0 Å². The van der Waals surface area contributed by atoms with Crippen LogP contribution in [0, 0.1) is 0 Å². The van der Waals surface area contributed by atoms with E-state index in [1.54, 1.807) is 9.80 Å². The lowest BCUT2D eigenvalue weighted by molar-refractivity contribution is -0.140. The van der Waals surface area contributed by atoms with Gasteiger partial charge in [-0.15, -0.1) is 0 Å². The maximum Gasteiger partial charge on any atom is 0.240 e. The molecule has 6 heteroatoms. The van der Waals surface area contributed by atoms with Crippen LogP contribution in [0.15, 0.2) is 24.3 Å². The van der Waals surface area contributed by atoms with Crippen LogP contribution < -0.4 is 5.73 Å². The number of hydrogen-bond donors (Lipinski definition) is 1. The molecule has 2 aliphatic rings. The van der Waals surface area contributed by atoms with E-state index in [1.807, 2.05) is 24.3 Å². The molecule has 0 spiro atoms. The van der Waals surface area contributed by atoms with Crippen LogP contribution in [0.3, 0.4) is 0 Å². The SMILES string of the molecule is CC(=O)N1CCc2ccccc2C1CC(=O)N1CCCC1C(N)=O. The smallest absolute Gasteiger partial charge is 0.240 e. The number of hydrogen-bond acceptors (Lipinski definition) is 3. The molecule has 3 amide bonds. The van der Waals surface area contributed by atoms with Crippen LogP contribution in [0.2, 0.25) is 0 Å². The molecule has 2 unspecified atom stereocenters. The number of likely N-dealkylation sites (tertiary alicyclic amines) is 1. The number of amides is 3. The zero-order valence-corrected chi connectivity index (χ0v) is 13.9. The number of carbonyl (C=O) groups is 3. The molecule has 128 valence electrons. The van der Waals surface area contributed by atoms with Gasteiger partial charge in [0.2, 0.25) is 17.7 Å². The van der Waals surface area contributed by atoms with Gasteiger partial charge in [0.25, 0.3) is 0 Å². The van der Waals surface area contributed by atoms with E-state index in [0.717, 1.165) is 18.4 Å². The molecule has 3 rings (SSSR count). The largest absolute Gasteiger partial charge is 0.368 e. The third kappa shape index (κ3) is 3.00. The standard InChI is InChI=1S/C18H23N3O3/c1-12(22)20-10-8-13-5-2-3-6-14(13)16(20)11-17(23)21-9-4-7-15(21)18(19)24/h2-3,5-6,15-16H,4,7-11H2,1H3,(H2,19,24). The Morgan fingerprint density at radius 3 is 2.62 bits per heavy atom. The molecular weight excluding hydrogens is 306 g/mol. The molecule has 24 heavy (non-hydrogen) atoms. The second-order valence-electron chi connectivity index (χ2n) is 6.53. The van der Waals surface area contributed by atoms with Gasteiger partial charge in [-0.25, -0.2) is 0 Å². The Hall–Kier alpha value is -2.37. The van der Waals surface area contributed by atoms with Gasteiger partial charge in [-0.05, 0) is 30.4 Å². The van der Waals surface area contributed by atoms with Crippen molar-refractivity contribution in [2.45, 2.75) is 44.7 Å². The zero-order valence-electron chi connectivity index (χ0n) is 13.9. The molecule has 2 aliphatic heterocycles. The molecule has 1 saturated heterocycles. The van der Waals surface area contributed by atoms with Crippen LogP contribution in [0.4, 0.5) is 0 Å². The van der Waals surface area contributed by atoms with Gasteiger partial charge in [-0.1, -0.05) is 24.3 Å². The second kappa shape index (κ2) is 6.63. The third-order valence-corrected chi connectivity index (χ3v) is 5.09. The van der Waals surface area contributed by atoms with E-state index in [1.165, 1.54) is 12.5 Å². The molecule has 6 nitrogen and oxygen atoms in total. The molecule has 1 aromatic carbocycles. The fourth-order valence-electron chi connectivity index (χ4n) is 3.89. The Labute approximate surface area is 141 Å². The number of nitrogens with zero attached hydrogens (tertiary/aromatic N) is 2. The molecule has 0 bridgehead atoms. The quantitative estimate of drug-likeness (QED) is 0.898. The molecule has 2 N–H and O–H groups in total. The highest BCUT2D eigenvalue weighted by atomic mass is 16.2. The van der Waals surface area contributed by atoms with Crippen LogP contribution in [0.25, 0.3) is 0 Å². The van der Waals surface area contributed by atoms with Gasteiger partial charge in [0.15, 0.2) is 0 Å².